The van der Waals surface area contributed by atoms with Crippen LogP contribution < -0.4 is 5.32 Å². The molecular weight excluding hydrogens is 1090 g/mol. The summed E-state index contributed by atoms with van der Waals surface area (Å²) in [6.45, 7) is 27.0. The normalized spacial score (nSPS) is 40.8. The van der Waals surface area contributed by atoms with Gasteiger partial charge in [0.1, 0.15) is 43.7 Å². The van der Waals surface area contributed by atoms with Crippen LogP contribution >= 0.6 is 0 Å². The molecule has 23 nitrogen and oxygen atoms in total. The van der Waals surface area contributed by atoms with Crippen LogP contribution in [0.1, 0.15) is 141 Å². The van der Waals surface area contributed by atoms with Crippen LogP contribution in [-0.4, -0.2) is 227 Å². The minimum absolute atomic E-state index is 0.0138. The van der Waals surface area contributed by atoms with Gasteiger partial charge in [0.25, 0.3) is 0 Å². The minimum Gasteiger partial charge on any atom is -0.461 e. The first-order valence-electron chi connectivity index (χ1n) is 31.0. The summed E-state index contributed by atoms with van der Waals surface area (Å²) in [5.74, 6) is -7.30. The molecule has 1 saturated carbocycles. The Bertz CT molecular complexity index is 2130. The molecule has 0 radical (unpaired) electrons. The highest BCUT2D eigenvalue weighted by Crippen LogP contribution is 2.41. The smallest absolute Gasteiger partial charge is 0.408 e. The first kappa shape index (κ1) is 69.9. The highest BCUT2D eigenvalue weighted by molar-refractivity contribution is 5.91. The summed E-state index contributed by atoms with van der Waals surface area (Å²) in [4.78, 5) is 70.3. The second kappa shape index (κ2) is 31.3. The zero-order chi connectivity index (χ0) is 62.0. The van der Waals surface area contributed by atoms with Crippen LogP contribution in [0.5, 0.6) is 0 Å². The van der Waals surface area contributed by atoms with Gasteiger partial charge in [0.15, 0.2) is 30.3 Å². The number of hydrogen-bond acceptors (Lipinski definition) is 22. The number of rotatable bonds is 18. The number of alkyl carbamates (subject to hydrolysis) is 1. The van der Waals surface area contributed by atoms with Gasteiger partial charge in [0.05, 0.1) is 67.9 Å². The lowest BCUT2D eigenvalue weighted by Crippen LogP contribution is -2.59. The third kappa shape index (κ3) is 17.4. The summed E-state index contributed by atoms with van der Waals surface area (Å²) in [6, 6.07) is 0.0138. The van der Waals surface area contributed by atoms with E-state index in [-0.39, 0.29) is 56.0 Å². The molecule has 0 unspecified atom stereocenters. The fourth-order valence-electron chi connectivity index (χ4n) is 13.9. The molecule has 22 atom stereocenters. The Morgan fingerprint density at radius 1 is 0.810 bits per heavy atom. The zero-order valence-electron chi connectivity index (χ0n) is 53.5. The Hall–Kier alpha value is -3.17. The Kier molecular flexibility index (Phi) is 26.1. The van der Waals surface area contributed by atoms with Crippen molar-refractivity contribution in [1.29, 1.82) is 0 Å². The number of esters is 2. The number of hydrogen-bond donors (Lipinski definition) is 3. The lowest BCUT2D eigenvalue weighted by Gasteiger charge is -2.45. The van der Waals surface area contributed by atoms with Gasteiger partial charge in [-0.05, 0) is 79.7 Å². The van der Waals surface area contributed by atoms with Crippen molar-refractivity contribution >= 4 is 29.5 Å². The number of nitrogens with one attached hydrogen (secondary N) is 1. The molecule has 6 aliphatic rings. The number of cyclic esters (lactones) is 1. The Morgan fingerprint density at radius 2 is 1.48 bits per heavy atom. The molecular formula is C61H106N4O19. The molecule has 0 spiro atoms. The van der Waals surface area contributed by atoms with Gasteiger partial charge >= 0.3 is 18.0 Å². The van der Waals surface area contributed by atoms with Crippen LogP contribution in [-0.2, 0) is 76.1 Å². The quantitative estimate of drug-likeness (QED) is 0.0851. The molecule has 84 heavy (non-hydrogen) atoms. The monoisotopic (exact) mass is 1200 g/mol. The number of ether oxygens (including phenoxy) is 12. The molecule has 484 valence electrons. The van der Waals surface area contributed by atoms with Crippen molar-refractivity contribution in [2.24, 2.45) is 46.6 Å². The van der Waals surface area contributed by atoms with Crippen LogP contribution in [0.2, 0.25) is 0 Å². The topological polar surface area (TPSA) is 260 Å². The summed E-state index contributed by atoms with van der Waals surface area (Å²) in [7, 11) is 6.34. The number of amides is 1. The summed E-state index contributed by atoms with van der Waals surface area (Å²) >= 11 is 0. The predicted molar refractivity (Wildman–Crippen MR) is 308 cm³/mol. The number of oxime groups is 1. The van der Waals surface area contributed by atoms with Crippen molar-refractivity contribution < 1.29 is 91.1 Å². The fourth-order valence-corrected chi connectivity index (χ4v) is 13.9. The predicted octanol–water partition coefficient (Wildman–Crippen LogP) is 5.65. The molecule has 6 fully saturated rings. The van der Waals surface area contributed by atoms with E-state index in [1.54, 1.807) is 34.6 Å². The SMILES string of the molecule is CON=C1C[C@@H](C)O[C@@H](O[C@@H]2[C@@H](C)[C@H](O[C@H]3C[C@H](C)N(C)C[C@H](C)O3)[C@@H](C)C(=O)O[C@H]([C@@H](C)CO[C@@H]3O[C@H](C)[C@@H](O)[C@@H](OC)[C@H]3OC)[C@H](C)[C@@H](OC(=O)CC(C)C)[C@@H](C)C(=O)[C@@](C)(OC(=O)NCC3(N4CCOCC4)CCCC3)C[C@@H]2C)[C@@H]1O. The van der Waals surface area contributed by atoms with E-state index >= 15 is 9.59 Å². The minimum atomic E-state index is -1.95. The van der Waals surface area contributed by atoms with Crippen molar-refractivity contribution in [3.05, 3.63) is 0 Å². The van der Waals surface area contributed by atoms with Gasteiger partial charge < -0.3 is 82.1 Å². The van der Waals surface area contributed by atoms with E-state index in [1.165, 1.54) is 21.3 Å². The van der Waals surface area contributed by atoms with Crippen molar-refractivity contribution in [3.63, 3.8) is 0 Å². The van der Waals surface area contributed by atoms with Gasteiger partial charge in [0, 0.05) is 89.0 Å². The number of morpholine rings is 1. The van der Waals surface area contributed by atoms with Gasteiger partial charge in [-0.2, -0.15) is 0 Å². The third-order valence-electron chi connectivity index (χ3n) is 18.7. The first-order valence-corrected chi connectivity index (χ1v) is 31.0. The van der Waals surface area contributed by atoms with E-state index in [4.69, 9.17) is 61.7 Å². The van der Waals surface area contributed by atoms with Gasteiger partial charge in [0.2, 0.25) is 0 Å². The summed E-state index contributed by atoms with van der Waals surface area (Å²) in [5.41, 5.74) is -1.98. The van der Waals surface area contributed by atoms with E-state index in [0.29, 0.717) is 31.9 Å². The number of carbonyl (C=O) groups is 4. The molecule has 1 amide bonds. The second-order valence-electron chi connectivity index (χ2n) is 26.0. The van der Waals surface area contributed by atoms with E-state index in [2.05, 4.69) is 27.2 Å². The highest BCUT2D eigenvalue weighted by atomic mass is 16.7. The van der Waals surface area contributed by atoms with Gasteiger partial charge in [-0.15, -0.1) is 0 Å². The molecule has 1 aliphatic carbocycles. The van der Waals surface area contributed by atoms with Gasteiger partial charge in [-0.25, -0.2) is 4.79 Å². The van der Waals surface area contributed by atoms with Crippen molar-refractivity contribution in [2.75, 3.05) is 74.4 Å². The molecule has 0 aromatic carbocycles. The maximum absolute atomic E-state index is 16.1. The summed E-state index contributed by atoms with van der Waals surface area (Å²) < 4.78 is 76.8. The molecule has 0 aromatic heterocycles. The van der Waals surface area contributed by atoms with E-state index in [0.717, 1.165) is 38.8 Å². The number of Topliss-reactive ketones (excluding diaryl/α,β-unsaturated/α-hetero) is 1. The van der Waals surface area contributed by atoms with Crippen LogP contribution in [0.25, 0.3) is 0 Å². The molecule has 5 heterocycles. The van der Waals surface area contributed by atoms with Crippen molar-refractivity contribution in [2.45, 2.75) is 245 Å². The maximum Gasteiger partial charge on any atom is 0.408 e. The average Bonchev–Trinajstić information content (AvgIpc) is 3.89. The number of aliphatic hydroxyl groups excluding tert-OH is 2. The number of nitrogens with zero attached hydrogens (tertiary/aromatic N) is 3. The molecule has 3 N–H and O–H groups in total. The average molecular weight is 1200 g/mol. The van der Waals surface area contributed by atoms with Crippen LogP contribution in [0, 0.1) is 41.4 Å². The maximum atomic E-state index is 16.1. The van der Waals surface area contributed by atoms with Crippen LogP contribution in [0.4, 0.5) is 4.79 Å². The van der Waals surface area contributed by atoms with E-state index in [1.807, 2.05) is 55.5 Å². The van der Waals surface area contributed by atoms with Crippen molar-refractivity contribution in [3.8, 4) is 0 Å². The Morgan fingerprint density at radius 3 is 2.11 bits per heavy atom. The molecule has 23 heteroatoms. The lowest BCUT2D eigenvalue weighted by atomic mass is 9.74. The van der Waals surface area contributed by atoms with E-state index in [9.17, 15) is 19.8 Å². The van der Waals surface area contributed by atoms with Crippen LogP contribution in [0.3, 0.4) is 0 Å². The number of likely N-dealkylation sites (N-methyl/N-ethyl adjacent to an activating group) is 1. The van der Waals surface area contributed by atoms with Crippen LogP contribution in [0.15, 0.2) is 5.16 Å². The number of aliphatic hydroxyl groups is 2. The molecule has 0 bridgehead atoms. The molecule has 5 aliphatic heterocycles. The summed E-state index contributed by atoms with van der Waals surface area (Å²) in [6.07, 6.45) is -9.64. The number of carbonyl (C=O) groups excluding carboxylic acids is 4. The summed E-state index contributed by atoms with van der Waals surface area (Å²) in [5, 5.41) is 30.1. The Labute approximate surface area is 499 Å². The molecule has 6 rings (SSSR count). The standard InChI is InChI=1S/C61H106N4O19/c1-33(2)26-45(66)80-51-40(9)50(35(4)31-76-58-54(73-16)53(72-15)47(67)43(12)79-58)82-56(70)42(11)52(81-46-27-36(5)64(14)30-38(7)77-46)39(8)49(83-57-48(68)44(63-74-17)28-37(6)78-57)34(3)29-60(13,55(69)41(51)10)84-59(71)62-32-61(20-18-19-21-61)65-22-24-75-25-23-65/h33-43,46-54,57-58,67-68H,18-32H2,1-17H3,(H,62,71)/t34-,35-,36-,37+,38-,39+,40-,41+,42+,43+,46-,47+,48+,49-,50+,51+,52-,53+,54+,57-,58+,60-/m0/s1. The van der Waals surface area contributed by atoms with E-state index < -0.39 is 145 Å². The largest absolute Gasteiger partial charge is 0.461 e. The lowest BCUT2D eigenvalue weighted by molar-refractivity contribution is -0.305. The fraction of sp³-hybridized carbons (Fsp3) is 0.918. The Balaban J connectivity index is 1.50. The third-order valence-corrected chi connectivity index (χ3v) is 18.7. The van der Waals surface area contributed by atoms with Crippen molar-refractivity contribution in [1.82, 2.24) is 15.1 Å². The molecule has 5 saturated heterocycles. The van der Waals surface area contributed by atoms with Gasteiger partial charge in [-0.1, -0.05) is 66.5 Å². The number of methoxy groups -OCH3 is 2. The highest BCUT2D eigenvalue weighted by Gasteiger charge is 2.53. The first-order chi connectivity index (χ1) is 39.7. The number of ketones is 1. The molecule has 0 aromatic rings. The second-order valence-corrected chi connectivity index (χ2v) is 26.0. The zero-order valence-corrected chi connectivity index (χ0v) is 53.5. The van der Waals surface area contributed by atoms with Gasteiger partial charge in [-0.3, -0.25) is 19.3 Å².